The maximum atomic E-state index is 15.6. The van der Waals surface area contributed by atoms with Crippen LogP contribution >= 0.6 is 11.3 Å². The van der Waals surface area contributed by atoms with Crippen molar-refractivity contribution in [3.05, 3.63) is 82.7 Å². The Morgan fingerprint density at radius 3 is 2.43 bits per heavy atom. The summed E-state index contributed by atoms with van der Waals surface area (Å²) in [4.78, 5) is 17.2. The second-order valence-electron chi connectivity index (χ2n) is 11.5. The van der Waals surface area contributed by atoms with Gasteiger partial charge in [-0.15, -0.1) is 11.3 Å². The van der Waals surface area contributed by atoms with Gasteiger partial charge in [0, 0.05) is 47.9 Å². The summed E-state index contributed by atoms with van der Waals surface area (Å²) in [6, 6.07) is 22.9. The second kappa shape index (κ2) is 10.7. The molecule has 2 unspecified atom stereocenters. The Balaban J connectivity index is 1.05. The second-order valence-corrected chi connectivity index (χ2v) is 12.6. The first-order chi connectivity index (χ1) is 17.7. The van der Waals surface area contributed by atoms with Crippen LogP contribution in [0.5, 0.6) is 0 Å². The van der Waals surface area contributed by atoms with Gasteiger partial charge in [0.05, 0.1) is 5.56 Å². The summed E-state index contributed by atoms with van der Waals surface area (Å²) in [6.07, 6.45) is 2.19. The summed E-state index contributed by atoms with van der Waals surface area (Å²) in [7, 11) is 0. The van der Waals surface area contributed by atoms with E-state index in [1.807, 2.05) is 62.4 Å². The number of ether oxygens (including phenoxy) is 1. The van der Waals surface area contributed by atoms with Crippen LogP contribution in [0.1, 0.15) is 66.8 Å². The Morgan fingerprint density at radius 1 is 1.05 bits per heavy atom. The lowest BCUT2D eigenvalue weighted by Gasteiger charge is -2.36. The smallest absolute Gasteiger partial charge is 0.338 e. The van der Waals surface area contributed by atoms with E-state index in [2.05, 4.69) is 46.6 Å². The normalized spacial score (nSPS) is 21.5. The number of nitrogens with zero attached hydrogens (tertiary/aromatic N) is 1. The van der Waals surface area contributed by atoms with Crippen molar-refractivity contribution in [2.24, 2.45) is 0 Å². The predicted molar refractivity (Wildman–Crippen MR) is 149 cm³/mol. The van der Waals surface area contributed by atoms with Crippen LogP contribution in [0.25, 0.3) is 10.4 Å². The molecule has 196 valence electrons. The van der Waals surface area contributed by atoms with Crippen LogP contribution in [-0.2, 0) is 11.3 Å². The zero-order valence-electron chi connectivity index (χ0n) is 22.0. The molecule has 2 heterocycles. The van der Waals surface area contributed by atoms with Gasteiger partial charge >= 0.3 is 5.97 Å². The number of likely N-dealkylation sites (tertiary alicyclic amines) is 1. The van der Waals surface area contributed by atoms with E-state index in [9.17, 15) is 4.79 Å². The average molecular weight is 521 g/mol. The highest BCUT2D eigenvalue weighted by molar-refractivity contribution is 7.15. The maximum absolute atomic E-state index is 15.6. The molecular formula is C31H37FN2O2S. The fourth-order valence-electron chi connectivity index (χ4n) is 4.99. The summed E-state index contributed by atoms with van der Waals surface area (Å²) in [5, 5.41) is 3.53. The summed E-state index contributed by atoms with van der Waals surface area (Å²) >= 11 is 1.86. The number of thiophene rings is 1. The van der Waals surface area contributed by atoms with E-state index in [4.69, 9.17) is 4.74 Å². The molecule has 1 aliphatic heterocycles. The van der Waals surface area contributed by atoms with Crippen LogP contribution in [0.3, 0.4) is 0 Å². The van der Waals surface area contributed by atoms with Crippen molar-refractivity contribution in [3.8, 4) is 10.4 Å². The van der Waals surface area contributed by atoms with Crippen molar-refractivity contribution in [2.75, 3.05) is 19.6 Å². The van der Waals surface area contributed by atoms with Gasteiger partial charge in [-0.05, 0) is 75.4 Å². The van der Waals surface area contributed by atoms with Crippen LogP contribution in [0.4, 0.5) is 4.39 Å². The number of halogens is 1. The highest BCUT2D eigenvalue weighted by Crippen LogP contribution is 2.46. The summed E-state index contributed by atoms with van der Waals surface area (Å²) in [6.45, 7) is 8.28. The zero-order chi connectivity index (χ0) is 26.0. The fourth-order valence-corrected chi connectivity index (χ4v) is 6.18. The average Bonchev–Trinajstić information content (AvgIpc) is 3.49. The third-order valence-corrected chi connectivity index (χ3v) is 8.54. The number of alkyl halides is 1. The fraction of sp³-hybridized carbons (Fsp3) is 0.452. The number of piperidine rings is 1. The molecule has 0 spiro atoms. The molecule has 2 aromatic carbocycles. The summed E-state index contributed by atoms with van der Waals surface area (Å²) in [5.41, 5.74) is 1.30. The summed E-state index contributed by atoms with van der Waals surface area (Å²) in [5.74, 6) is 0.204. The molecular weight excluding hydrogens is 483 g/mol. The van der Waals surface area contributed by atoms with E-state index < -0.39 is 11.3 Å². The molecule has 5 rings (SSSR count). The number of esters is 1. The Bertz CT molecular complexity index is 1190. The Labute approximate surface area is 223 Å². The molecule has 2 atom stereocenters. The van der Waals surface area contributed by atoms with Crippen LogP contribution in [-0.4, -0.2) is 47.8 Å². The highest BCUT2D eigenvalue weighted by atomic mass is 32.1. The van der Waals surface area contributed by atoms with E-state index in [1.54, 1.807) is 0 Å². The van der Waals surface area contributed by atoms with Crippen molar-refractivity contribution in [2.45, 2.75) is 69.8 Å². The first kappa shape index (κ1) is 26.1. The lowest BCUT2D eigenvalue weighted by atomic mass is 9.93. The number of rotatable bonds is 8. The Kier molecular flexibility index (Phi) is 7.53. The van der Waals surface area contributed by atoms with Gasteiger partial charge in [-0.2, -0.15) is 0 Å². The maximum Gasteiger partial charge on any atom is 0.338 e. The molecule has 3 aromatic rings. The number of benzene rings is 2. The molecule has 0 bridgehead atoms. The number of hydrogen-bond donors (Lipinski definition) is 1. The molecule has 6 heteroatoms. The minimum atomic E-state index is -1.14. The number of carbonyl (C=O) groups is 1. The lowest BCUT2D eigenvalue weighted by Crippen LogP contribution is -2.47. The minimum Gasteiger partial charge on any atom is -0.456 e. The van der Waals surface area contributed by atoms with E-state index in [1.165, 1.54) is 15.3 Å². The number of carbonyl (C=O) groups excluding carboxylic acids is 1. The highest BCUT2D eigenvalue weighted by Gasteiger charge is 2.42. The number of hydrogen-bond acceptors (Lipinski definition) is 5. The van der Waals surface area contributed by atoms with Gasteiger partial charge in [-0.3, -0.25) is 4.90 Å². The van der Waals surface area contributed by atoms with Crippen LogP contribution < -0.4 is 5.32 Å². The van der Waals surface area contributed by atoms with E-state index in [0.29, 0.717) is 36.9 Å². The molecule has 37 heavy (non-hydrogen) atoms. The monoisotopic (exact) mass is 520 g/mol. The van der Waals surface area contributed by atoms with Crippen molar-refractivity contribution in [1.29, 1.82) is 0 Å². The molecule has 1 aromatic heterocycles. The Morgan fingerprint density at radius 2 is 1.76 bits per heavy atom. The van der Waals surface area contributed by atoms with Crippen LogP contribution in [0.2, 0.25) is 0 Å². The van der Waals surface area contributed by atoms with Gasteiger partial charge in [0.1, 0.15) is 11.3 Å². The minimum absolute atomic E-state index is 0.305. The van der Waals surface area contributed by atoms with Gasteiger partial charge in [-0.1, -0.05) is 42.5 Å². The Hall–Kier alpha value is -2.54. The van der Waals surface area contributed by atoms with Gasteiger partial charge in [0.2, 0.25) is 0 Å². The van der Waals surface area contributed by atoms with Gasteiger partial charge < -0.3 is 10.1 Å². The lowest BCUT2D eigenvalue weighted by molar-refractivity contribution is 0.00693. The zero-order valence-corrected chi connectivity index (χ0v) is 22.8. The van der Waals surface area contributed by atoms with E-state index in [-0.39, 0.29) is 5.97 Å². The third kappa shape index (κ3) is 6.86. The van der Waals surface area contributed by atoms with Crippen molar-refractivity contribution in [3.63, 3.8) is 0 Å². The van der Waals surface area contributed by atoms with Crippen molar-refractivity contribution < 1.29 is 13.9 Å². The molecule has 1 saturated carbocycles. The first-order valence-corrected chi connectivity index (χ1v) is 14.1. The van der Waals surface area contributed by atoms with Crippen LogP contribution in [0.15, 0.2) is 66.7 Å². The quantitative estimate of drug-likeness (QED) is 0.331. The largest absolute Gasteiger partial charge is 0.456 e. The molecule has 0 radical (unpaired) electrons. The number of nitrogens with one attached hydrogen (secondary N) is 1. The third-order valence-electron chi connectivity index (χ3n) is 7.27. The molecule has 1 N–H and O–H groups in total. The predicted octanol–water partition coefficient (Wildman–Crippen LogP) is 6.82. The van der Waals surface area contributed by atoms with Gasteiger partial charge in [0.15, 0.2) is 0 Å². The van der Waals surface area contributed by atoms with Crippen LogP contribution in [0, 0.1) is 0 Å². The summed E-state index contributed by atoms with van der Waals surface area (Å²) < 4.78 is 21.0. The van der Waals surface area contributed by atoms with E-state index in [0.717, 1.165) is 31.6 Å². The molecule has 1 saturated heterocycles. The molecule has 2 fully saturated rings. The van der Waals surface area contributed by atoms with Crippen molar-refractivity contribution in [1.82, 2.24) is 10.2 Å². The molecule has 4 nitrogen and oxygen atoms in total. The standard InChI is InChI=1S/C31H37FN2O2S/c1-30(2,3)36-29(35)24-11-9-22(10-12-24)20-34-17-15-31(32,16-18-34)21-33-26-19-25(26)28-14-13-27(37-28)23-7-5-4-6-8-23/h4-14,25-26,33H,15-21H2,1-3H3. The SMILES string of the molecule is CC(C)(C)OC(=O)c1ccc(CN2CCC(F)(CNC3CC3c3ccc(-c4ccccc4)s3)CC2)cc1. The van der Waals surface area contributed by atoms with Gasteiger partial charge in [0.25, 0.3) is 0 Å². The topological polar surface area (TPSA) is 41.6 Å². The molecule has 2 aliphatic rings. The van der Waals surface area contributed by atoms with E-state index >= 15 is 4.39 Å². The molecule has 1 aliphatic carbocycles. The first-order valence-electron chi connectivity index (χ1n) is 13.3. The van der Waals surface area contributed by atoms with Gasteiger partial charge in [-0.25, -0.2) is 9.18 Å². The van der Waals surface area contributed by atoms with Crippen molar-refractivity contribution >= 4 is 17.3 Å². The molecule has 0 amide bonds.